The lowest BCUT2D eigenvalue weighted by Gasteiger charge is -2.23. The van der Waals surface area contributed by atoms with Crippen molar-refractivity contribution in [1.29, 1.82) is 0 Å². The first-order valence-corrected chi connectivity index (χ1v) is 9.33. The zero-order valence-corrected chi connectivity index (χ0v) is 13.9. The van der Waals surface area contributed by atoms with Gasteiger partial charge in [-0.05, 0) is 40.8 Å². The van der Waals surface area contributed by atoms with Crippen LogP contribution in [0.5, 0.6) is 0 Å². The Morgan fingerprint density at radius 2 is 2.00 bits per heavy atom. The molecule has 0 saturated carbocycles. The van der Waals surface area contributed by atoms with Crippen molar-refractivity contribution >= 4 is 38.4 Å². The van der Waals surface area contributed by atoms with Crippen LogP contribution in [0.4, 0.5) is 0 Å². The molecule has 0 amide bonds. The first-order chi connectivity index (χ1) is 9.46. The quantitative estimate of drug-likeness (QED) is 0.550. The van der Waals surface area contributed by atoms with Crippen LogP contribution in [0.2, 0.25) is 0 Å². The Balaban J connectivity index is 1.75. The highest BCUT2D eigenvalue weighted by Crippen LogP contribution is 2.08. The van der Waals surface area contributed by atoms with Gasteiger partial charge in [-0.15, -0.1) is 0 Å². The topological polar surface area (TPSA) is 64.9 Å². The predicted octanol–water partition coefficient (Wildman–Crippen LogP) is -0.239. The minimum atomic E-state index is -2.83. The van der Waals surface area contributed by atoms with Gasteiger partial charge in [0.25, 0.3) is 0 Å². The van der Waals surface area contributed by atoms with Gasteiger partial charge in [0.1, 0.15) is 13.2 Å². The molecule has 1 aromatic rings. The van der Waals surface area contributed by atoms with Crippen molar-refractivity contribution in [2.45, 2.75) is 0 Å². The van der Waals surface area contributed by atoms with E-state index in [1.165, 1.54) is 4.90 Å². The summed E-state index contributed by atoms with van der Waals surface area (Å²) in [6.07, 6.45) is 0. The van der Waals surface area contributed by atoms with Gasteiger partial charge in [-0.1, -0.05) is 6.07 Å². The minimum Gasteiger partial charge on any atom is -0.456 e. The number of carbonyl (C=O) groups excluding carboxylic acids is 1. The van der Waals surface area contributed by atoms with Gasteiger partial charge < -0.3 is 9.64 Å². The summed E-state index contributed by atoms with van der Waals surface area (Å²) in [5, 5.41) is 0. The highest BCUT2D eigenvalue weighted by molar-refractivity contribution is 14.1. The number of quaternary nitrogens is 1. The van der Waals surface area contributed by atoms with E-state index in [0.717, 1.165) is 3.57 Å². The maximum absolute atomic E-state index is 11.8. The maximum atomic E-state index is 11.8. The summed E-state index contributed by atoms with van der Waals surface area (Å²) in [4.78, 5) is 13.0. The Morgan fingerprint density at radius 1 is 1.30 bits per heavy atom. The number of halogens is 1. The summed E-state index contributed by atoms with van der Waals surface area (Å²) in [6.45, 7) is 2.18. The average molecular weight is 410 g/mol. The second-order valence-electron chi connectivity index (χ2n) is 4.80. The highest BCUT2D eigenvalue weighted by Gasteiger charge is 2.24. The van der Waals surface area contributed by atoms with Crippen LogP contribution in [-0.2, 0) is 14.6 Å². The zero-order chi connectivity index (χ0) is 14.6. The molecule has 0 aromatic heterocycles. The van der Waals surface area contributed by atoms with Crippen molar-refractivity contribution in [3.05, 3.63) is 33.4 Å². The summed E-state index contributed by atoms with van der Waals surface area (Å²) < 4.78 is 28.8. The van der Waals surface area contributed by atoms with E-state index in [4.69, 9.17) is 4.74 Å². The largest absolute Gasteiger partial charge is 0.456 e. The number of hydrogen-bond donors (Lipinski definition) is 1. The molecule has 5 nitrogen and oxygen atoms in total. The molecule has 1 saturated heterocycles. The number of carbonyl (C=O) groups is 1. The summed E-state index contributed by atoms with van der Waals surface area (Å²) in [7, 11) is -2.83. The monoisotopic (exact) mass is 410 g/mol. The molecule has 1 fully saturated rings. The summed E-state index contributed by atoms with van der Waals surface area (Å²) >= 11 is 2.15. The molecule has 20 heavy (non-hydrogen) atoms. The zero-order valence-electron chi connectivity index (χ0n) is 11.0. The molecule has 1 aromatic carbocycles. The third-order valence-electron chi connectivity index (χ3n) is 3.28. The van der Waals surface area contributed by atoms with E-state index in [2.05, 4.69) is 22.6 Å². The molecule has 1 N–H and O–H groups in total. The minimum absolute atomic E-state index is 0.229. The summed E-state index contributed by atoms with van der Waals surface area (Å²) in [6, 6.07) is 7.24. The van der Waals surface area contributed by atoms with E-state index in [9.17, 15) is 13.2 Å². The normalized spacial score (nSPS) is 18.6. The molecule has 7 heteroatoms. The van der Waals surface area contributed by atoms with Crippen molar-refractivity contribution in [3.8, 4) is 0 Å². The van der Waals surface area contributed by atoms with E-state index in [1.807, 2.05) is 12.1 Å². The smallest absolute Gasteiger partial charge is 0.338 e. The van der Waals surface area contributed by atoms with Crippen LogP contribution in [0.3, 0.4) is 0 Å². The number of hydrogen-bond acceptors (Lipinski definition) is 4. The van der Waals surface area contributed by atoms with Gasteiger partial charge in [-0.25, -0.2) is 13.2 Å². The van der Waals surface area contributed by atoms with E-state index in [-0.39, 0.29) is 17.5 Å². The van der Waals surface area contributed by atoms with Crippen LogP contribution in [0.15, 0.2) is 24.3 Å². The average Bonchev–Trinajstić information content (AvgIpc) is 2.40. The Morgan fingerprint density at radius 3 is 2.65 bits per heavy atom. The van der Waals surface area contributed by atoms with Crippen molar-refractivity contribution < 1.29 is 22.8 Å². The van der Waals surface area contributed by atoms with Crippen molar-refractivity contribution in [3.63, 3.8) is 0 Å². The highest BCUT2D eigenvalue weighted by atomic mass is 127. The Labute approximate surface area is 132 Å². The molecule has 1 aliphatic heterocycles. The number of ether oxygens (including phenoxy) is 1. The van der Waals surface area contributed by atoms with Gasteiger partial charge in [0, 0.05) is 3.57 Å². The summed E-state index contributed by atoms with van der Waals surface area (Å²) in [5.41, 5.74) is 0.549. The second kappa shape index (κ2) is 6.86. The lowest BCUT2D eigenvalue weighted by atomic mass is 10.2. The molecular weight excluding hydrogens is 393 g/mol. The number of sulfone groups is 1. The SMILES string of the molecule is O=C(OCC[NH+]1CCS(=O)(=O)CC1)c1cccc(I)c1. The van der Waals surface area contributed by atoms with Crippen molar-refractivity contribution in [2.24, 2.45) is 0 Å². The molecule has 0 atom stereocenters. The third-order valence-corrected chi connectivity index (χ3v) is 5.61. The first-order valence-electron chi connectivity index (χ1n) is 6.43. The van der Waals surface area contributed by atoms with Crippen molar-refractivity contribution in [1.82, 2.24) is 0 Å². The molecule has 0 bridgehead atoms. The van der Waals surface area contributed by atoms with Crippen LogP contribution in [0.1, 0.15) is 10.4 Å². The molecule has 2 rings (SSSR count). The first kappa shape index (κ1) is 15.7. The Kier molecular flexibility index (Phi) is 5.39. The lowest BCUT2D eigenvalue weighted by Crippen LogP contribution is -3.14. The maximum Gasteiger partial charge on any atom is 0.338 e. The van der Waals surface area contributed by atoms with Crippen LogP contribution < -0.4 is 4.90 Å². The molecule has 1 heterocycles. The van der Waals surface area contributed by atoms with E-state index >= 15 is 0 Å². The number of benzene rings is 1. The standard InChI is InChI=1S/C13H16INO4S/c14-12-3-1-2-11(10-12)13(16)19-7-4-15-5-8-20(17,18)9-6-15/h1-3,10H,4-9H2/p+1. The van der Waals surface area contributed by atoms with Crippen LogP contribution in [0, 0.1) is 3.57 Å². The van der Waals surface area contributed by atoms with Crippen molar-refractivity contribution in [2.75, 3.05) is 37.7 Å². The fraction of sp³-hybridized carbons (Fsp3) is 0.462. The van der Waals surface area contributed by atoms with Gasteiger partial charge in [-0.2, -0.15) is 0 Å². The van der Waals surface area contributed by atoms with Crippen LogP contribution >= 0.6 is 22.6 Å². The number of esters is 1. The Hall–Kier alpha value is -0.670. The van der Waals surface area contributed by atoms with Gasteiger partial charge in [0.05, 0.1) is 30.2 Å². The molecule has 0 aliphatic carbocycles. The van der Waals surface area contributed by atoms with E-state index in [0.29, 0.717) is 31.8 Å². The molecule has 0 spiro atoms. The lowest BCUT2D eigenvalue weighted by molar-refractivity contribution is -0.896. The molecule has 1 aliphatic rings. The number of nitrogens with one attached hydrogen (secondary N) is 1. The van der Waals surface area contributed by atoms with Crippen LogP contribution in [0.25, 0.3) is 0 Å². The molecule has 0 unspecified atom stereocenters. The van der Waals surface area contributed by atoms with E-state index < -0.39 is 9.84 Å². The fourth-order valence-electron chi connectivity index (χ4n) is 2.06. The Bertz CT molecular complexity index is 574. The predicted molar refractivity (Wildman–Crippen MR) is 83.7 cm³/mol. The molecule has 0 radical (unpaired) electrons. The number of rotatable bonds is 4. The molecule has 110 valence electrons. The fourth-order valence-corrected chi connectivity index (χ4v) is 4.01. The van der Waals surface area contributed by atoms with E-state index in [1.54, 1.807) is 12.1 Å². The second-order valence-corrected chi connectivity index (χ2v) is 8.35. The van der Waals surface area contributed by atoms with Crippen LogP contribution in [-0.4, -0.2) is 52.1 Å². The van der Waals surface area contributed by atoms with Gasteiger partial charge >= 0.3 is 5.97 Å². The summed E-state index contributed by atoms with van der Waals surface area (Å²) in [5.74, 6) is 0.132. The third kappa shape index (κ3) is 4.71. The molecular formula is C13H17INO4S+. The van der Waals surface area contributed by atoms with Gasteiger partial charge in [-0.3, -0.25) is 0 Å². The van der Waals surface area contributed by atoms with Gasteiger partial charge in [0.2, 0.25) is 0 Å². The van der Waals surface area contributed by atoms with Gasteiger partial charge in [0.15, 0.2) is 9.84 Å².